The van der Waals surface area contributed by atoms with Crippen LogP contribution in [0.3, 0.4) is 0 Å². The second-order valence-corrected chi connectivity index (χ2v) is 4.93. The highest BCUT2D eigenvalue weighted by Gasteiger charge is 2.06. The van der Waals surface area contributed by atoms with Gasteiger partial charge in [-0.2, -0.15) is 0 Å². The van der Waals surface area contributed by atoms with Crippen molar-refractivity contribution in [3.8, 4) is 0 Å². The lowest BCUT2D eigenvalue weighted by molar-refractivity contribution is 0.276. The van der Waals surface area contributed by atoms with Gasteiger partial charge in [0, 0.05) is 26.2 Å². The molecule has 0 bridgehead atoms. The maximum Gasteiger partial charge on any atom is 0.123 e. The molecule has 21 heavy (non-hydrogen) atoms. The third kappa shape index (κ3) is 6.25. The normalized spacial score (nSPS) is 10.4. The van der Waals surface area contributed by atoms with E-state index in [0.717, 1.165) is 31.6 Å². The standard InChI is InChI=1S/C17H21FN2.ClH/c18-17-8-4-7-16(13-17)14-20(12-10-19)11-9-15-5-2-1-3-6-15;/h1-8,13H,9-12,14,19H2;1H. The van der Waals surface area contributed by atoms with Gasteiger partial charge < -0.3 is 5.73 Å². The minimum atomic E-state index is -0.182. The molecule has 0 aliphatic heterocycles. The minimum Gasteiger partial charge on any atom is -0.329 e. The summed E-state index contributed by atoms with van der Waals surface area (Å²) in [6.07, 6.45) is 0.982. The molecule has 2 nitrogen and oxygen atoms in total. The van der Waals surface area contributed by atoms with Gasteiger partial charge in [0.1, 0.15) is 5.82 Å². The third-order valence-corrected chi connectivity index (χ3v) is 3.30. The maximum atomic E-state index is 13.2. The molecule has 0 amide bonds. The van der Waals surface area contributed by atoms with Gasteiger partial charge in [-0.15, -0.1) is 12.4 Å². The molecule has 0 radical (unpaired) electrons. The zero-order valence-corrected chi connectivity index (χ0v) is 12.9. The van der Waals surface area contributed by atoms with Gasteiger partial charge in [0.05, 0.1) is 0 Å². The fourth-order valence-electron chi connectivity index (χ4n) is 2.28. The molecule has 4 heteroatoms. The Morgan fingerprint density at radius 2 is 1.62 bits per heavy atom. The molecule has 0 aromatic heterocycles. The lowest BCUT2D eigenvalue weighted by Crippen LogP contribution is -2.31. The van der Waals surface area contributed by atoms with Crippen LogP contribution < -0.4 is 5.73 Å². The van der Waals surface area contributed by atoms with Gasteiger partial charge in [-0.25, -0.2) is 4.39 Å². The summed E-state index contributed by atoms with van der Waals surface area (Å²) in [7, 11) is 0. The summed E-state index contributed by atoms with van der Waals surface area (Å²) in [5.74, 6) is -0.182. The van der Waals surface area contributed by atoms with E-state index < -0.39 is 0 Å². The van der Waals surface area contributed by atoms with Gasteiger partial charge in [0.15, 0.2) is 0 Å². The second kappa shape index (κ2) is 9.50. The zero-order valence-electron chi connectivity index (χ0n) is 12.0. The third-order valence-electron chi connectivity index (χ3n) is 3.30. The lowest BCUT2D eigenvalue weighted by Gasteiger charge is -2.21. The molecule has 0 saturated carbocycles. The van der Waals surface area contributed by atoms with Crippen LogP contribution in [0, 0.1) is 5.82 Å². The van der Waals surface area contributed by atoms with Gasteiger partial charge in [-0.05, 0) is 29.7 Å². The fraction of sp³-hybridized carbons (Fsp3) is 0.294. The molecule has 0 fully saturated rings. The van der Waals surface area contributed by atoms with Crippen LogP contribution in [0.4, 0.5) is 4.39 Å². The number of rotatable bonds is 7. The largest absolute Gasteiger partial charge is 0.329 e. The first-order valence-corrected chi connectivity index (χ1v) is 6.99. The van der Waals surface area contributed by atoms with Gasteiger partial charge in [-0.3, -0.25) is 4.90 Å². The summed E-state index contributed by atoms with van der Waals surface area (Å²) < 4.78 is 13.2. The Balaban J connectivity index is 0.00000220. The number of nitrogens with zero attached hydrogens (tertiary/aromatic N) is 1. The van der Waals surface area contributed by atoms with Gasteiger partial charge >= 0.3 is 0 Å². The van der Waals surface area contributed by atoms with E-state index in [4.69, 9.17) is 5.73 Å². The van der Waals surface area contributed by atoms with Crippen LogP contribution in [0.5, 0.6) is 0 Å². The van der Waals surface area contributed by atoms with Crippen molar-refractivity contribution in [2.24, 2.45) is 5.73 Å². The molecule has 2 rings (SSSR count). The molecule has 2 aromatic carbocycles. The second-order valence-electron chi connectivity index (χ2n) is 4.93. The van der Waals surface area contributed by atoms with E-state index in [-0.39, 0.29) is 18.2 Å². The predicted molar refractivity (Wildman–Crippen MR) is 88.1 cm³/mol. The van der Waals surface area contributed by atoms with Gasteiger partial charge in [-0.1, -0.05) is 42.5 Å². The van der Waals surface area contributed by atoms with Crippen LogP contribution in [-0.4, -0.2) is 24.5 Å². The van der Waals surface area contributed by atoms with Crippen molar-refractivity contribution in [3.05, 3.63) is 71.5 Å². The lowest BCUT2D eigenvalue weighted by atomic mass is 10.1. The molecule has 0 spiro atoms. The number of hydrogen-bond donors (Lipinski definition) is 1. The van der Waals surface area contributed by atoms with E-state index in [2.05, 4.69) is 29.2 Å². The van der Waals surface area contributed by atoms with Crippen molar-refractivity contribution in [1.82, 2.24) is 4.90 Å². The molecule has 0 heterocycles. The SMILES string of the molecule is Cl.NCCN(CCc1ccccc1)Cc1cccc(F)c1. The Labute approximate surface area is 132 Å². The van der Waals surface area contributed by atoms with Crippen LogP contribution in [0.2, 0.25) is 0 Å². The Kier molecular flexibility index (Phi) is 7.98. The first kappa shape index (κ1) is 17.6. The quantitative estimate of drug-likeness (QED) is 0.851. The molecule has 0 unspecified atom stereocenters. The first-order valence-electron chi connectivity index (χ1n) is 6.99. The molecule has 114 valence electrons. The Morgan fingerprint density at radius 1 is 0.905 bits per heavy atom. The van der Waals surface area contributed by atoms with Gasteiger partial charge in [0.25, 0.3) is 0 Å². The van der Waals surface area contributed by atoms with Crippen LogP contribution in [0.15, 0.2) is 54.6 Å². The molecule has 2 aromatic rings. The van der Waals surface area contributed by atoms with E-state index in [9.17, 15) is 4.39 Å². The van der Waals surface area contributed by atoms with E-state index in [1.54, 1.807) is 12.1 Å². The number of nitrogens with two attached hydrogens (primary N) is 1. The monoisotopic (exact) mass is 308 g/mol. The summed E-state index contributed by atoms with van der Waals surface area (Å²) in [6, 6.07) is 17.1. The highest BCUT2D eigenvalue weighted by molar-refractivity contribution is 5.85. The van der Waals surface area contributed by atoms with Crippen molar-refractivity contribution < 1.29 is 4.39 Å². The van der Waals surface area contributed by atoms with Crippen LogP contribution in [-0.2, 0) is 13.0 Å². The van der Waals surface area contributed by atoms with Crippen molar-refractivity contribution in [1.29, 1.82) is 0 Å². The number of hydrogen-bond acceptors (Lipinski definition) is 2. The maximum absolute atomic E-state index is 13.2. The topological polar surface area (TPSA) is 29.3 Å². The van der Waals surface area contributed by atoms with E-state index in [1.165, 1.54) is 11.6 Å². The molecule has 0 saturated heterocycles. The van der Waals surface area contributed by atoms with E-state index in [1.807, 2.05) is 12.1 Å². The molecular weight excluding hydrogens is 287 g/mol. The Morgan fingerprint density at radius 3 is 2.29 bits per heavy atom. The van der Waals surface area contributed by atoms with Crippen LogP contribution >= 0.6 is 12.4 Å². The van der Waals surface area contributed by atoms with Crippen molar-refractivity contribution in [2.75, 3.05) is 19.6 Å². The average molecular weight is 309 g/mol. The summed E-state index contributed by atoms with van der Waals surface area (Å²) in [5.41, 5.74) is 7.97. The van der Waals surface area contributed by atoms with E-state index in [0.29, 0.717) is 6.54 Å². The number of halogens is 2. The summed E-state index contributed by atoms with van der Waals surface area (Å²) >= 11 is 0. The highest BCUT2D eigenvalue weighted by Crippen LogP contribution is 2.08. The summed E-state index contributed by atoms with van der Waals surface area (Å²) in [5, 5.41) is 0. The molecule has 0 atom stereocenters. The van der Waals surface area contributed by atoms with E-state index >= 15 is 0 Å². The van der Waals surface area contributed by atoms with Crippen LogP contribution in [0.1, 0.15) is 11.1 Å². The molecular formula is C17H22ClFN2. The Bertz CT molecular complexity index is 519. The number of benzene rings is 2. The summed E-state index contributed by atoms with van der Waals surface area (Å²) in [4.78, 5) is 2.27. The van der Waals surface area contributed by atoms with Gasteiger partial charge in [0.2, 0.25) is 0 Å². The molecule has 0 aliphatic rings. The van der Waals surface area contributed by atoms with Crippen molar-refractivity contribution >= 4 is 12.4 Å². The fourth-order valence-corrected chi connectivity index (χ4v) is 2.28. The molecule has 0 aliphatic carbocycles. The van der Waals surface area contributed by atoms with Crippen molar-refractivity contribution in [2.45, 2.75) is 13.0 Å². The Hall–Kier alpha value is -1.42. The minimum absolute atomic E-state index is 0. The predicted octanol–water partition coefficient (Wildman–Crippen LogP) is 3.25. The zero-order chi connectivity index (χ0) is 14.2. The smallest absolute Gasteiger partial charge is 0.123 e. The molecule has 2 N–H and O–H groups in total. The highest BCUT2D eigenvalue weighted by atomic mass is 35.5. The van der Waals surface area contributed by atoms with Crippen molar-refractivity contribution in [3.63, 3.8) is 0 Å². The van der Waals surface area contributed by atoms with Crippen LogP contribution in [0.25, 0.3) is 0 Å². The summed E-state index contributed by atoms with van der Waals surface area (Å²) in [6.45, 7) is 3.10. The average Bonchev–Trinajstić information content (AvgIpc) is 2.46. The first-order chi connectivity index (χ1) is 9.78.